The summed E-state index contributed by atoms with van der Waals surface area (Å²) in [6.45, 7) is 0. The molecule has 126 valence electrons. The summed E-state index contributed by atoms with van der Waals surface area (Å²) in [5, 5.41) is 3.36. The van der Waals surface area contributed by atoms with E-state index in [0.717, 1.165) is 37.7 Å². The first-order valence-corrected chi connectivity index (χ1v) is 8.93. The van der Waals surface area contributed by atoms with Crippen molar-refractivity contribution in [3.8, 4) is 0 Å². The Hall–Kier alpha value is -2.30. The third kappa shape index (κ3) is 2.68. The molecule has 1 atom stereocenters. The van der Waals surface area contributed by atoms with Gasteiger partial charge in [0.05, 0.1) is 11.6 Å². The molecule has 1 aliphatic heterocycles. The third-order valence-corrected chi connectivity index (χ3v) is 5.37. The molecule has 0 unspecified atom stereocenters. The van der Waals surface area contributed by atoms with E-state index in [0.29, 0.717) is 12.2 Å². The molecule has 1 aromatic carbocycles. The molecule has 1 saturated carbocycles. The van der Waals surface area contributed by atoms with Gasteiger partial charge in [0.1, 0.15) is 5.82 Å². The largest absolute Gasteiger partial charge is 0.364 e. The van der Waals surface area contributed by atoms with Crippen LogP contribution in [0.5, 0.6) is 0 Å². The second-order valence-corrected chi connectivity index (χ2v) is 6.90. The van der Waals surface area contributed by atoms with E-state index in [1.165, 1.54) is 16.6 Å². The predicted octanol–water partition coefficient (Wildman–Crippen LogP) is 3.14. The quantitative estimate of drug-likeness (QED) is 0.891. The molecule has 2 aliphatic rings. The highest BCUT2D eigenvalue weighted by atomic mass is 16.2. The summed E-state index contributed by atoms with van der Waals surface area (Å²) in [6, 6.07) is 10.4. The van der Waals surface area contributed by atoms with Crippen molar-refractivity contribution in [3.05, 3.63) is 62.3 Å². The zero-order valence-electron chi connectivity index (χ0n) is 13.8. The Morgan fingerprint density at radius 3 is 2.46 bits per heavy atom. The van der Waals surface area contributed by atoms with Crippen molar-refractivity contribution in [2.24, 2.45) is 0 Å². The zero-order valence-corrected chi connectivity index (χ0v) is 13.8. The summed E-state index contributed by atoms with van der Waals surface area (Å²) >= 11 is 0. The summed E-state index contributed by atoms with van der Waals surface area (Å²) in [4.78, 5) is 28.3. The van der Waals surface area contributed by atoms with Crippen LogP contribution in [0.3, 0.4) is 0 Å². The van der Waals surface area contributed by atoms with Crippen molar-refractivity contribution in [1.82, 2.24) is 9.55 Å². The Morgan fingerprint density at radius 1 is 0.958 bits per heavy atom. The second-order valence-electron chi connectivity index (χ2n) is 6.90. The van der Waals surface area contributed by atoms with Crippen molar-refractivity contribution >= 4 is 5.82 Å². The average Bonchev–Trinajstić information content (AvgIpc) is 2.63. The lowest BCUT2D eigenvalue weighted by Gasteiger charge is -2.29. The minimum atomic E-state index is -0.271. The summed E-state index contributed by atoms with van der Waals surface area (Å²) in [7, 11) is 0. The van der Waals surface area contributed by atoms with Crippen LogP contribution in [-0.2, 0) is 6.42 Å². The molecule has 1 aromatic heterocycles. The maximum atomic E-state index is 12.9. The van der Waals surface area contributed by atoms with Gasteiger partial charge in [-0.15, -0.1) is 0 Å². The third-order valence-electron chi connectivity index (χ3n) is 5.37. The highest BCUT2D eigenvalue weighted by Gasteiger charge is 2.26. The lowest BCUT2D eigenvalue weighted by molar-refractivity contribution is 0.334. The van der Waals surface area contributed by atoms with E-state index >= 15 is 0 Å². The predicted molar refractivity (Wildman–Crippen MR) is 94.6 cm³/mol. The van der Waals surface area contributed by atoms with Gasteiger partial charge in [0.15, 0.2) is 0 Å². The van der Waals surface area contributed by atoms with E-state index in [1.807, 2.05) is 18.2 Å². The van der Waals surface area contributed by atoms with Gasteiger partial charge >= 0.3 is 5.69 Å². The topological polar surface area (TPSA) is 66.9 Å². The number of anilines is 1. The number of hydrogen-bond acceptors (Lipinski definition) is 3. The fourth-order valence-corrected chi connectivity index (χ4v) is 4.08. The van der Waals surface area contributed by atoms with Gasteiger partial charge in [0.25, 0.3) is 5.56 Å². The molecule has 5 nitrogen and oxygen atoms in total. The highest BCUT2D eigenvalue weighted by molar-refractivity contribution is 5.47. The number of aromatic nitrogens is 2. The van der Waals surface area contributed by atoms with Crippen LogP contribution >= 0.6 is 0 Å². The van der Waals surface area contributed by atoms with Gasteiger partial charge in [0, 0.05) is 6.04 Å². The molecule has 1 aliphatic carbocycles. The normalized spacial score (nSPS) is 21.1. The van der Waals surface area contributed by atoms with Crippen LogP contribution in [0.1, 0.15) is 61.7 Å². The number of H-pyrrole nitrogens is 1. The van der Waals surface area contributed by atoms with Gasteiger partial charge in [0.2, 0.25) is 0 Å². The zero-order chi connectivity index (χ0) is 16.5. The first kappa shape index (κ1) is 15.2. The van der Waals surface area contributed by atoms with Crippen LogP contribution < -0.4 is 16.6 Å². The van der Waals surface area contributed by atoms with Crippen molar-refractivity contribution in [2.75, 3.05) is 5.32 Å². The number of nitrogens with one attached hydrogen (secondary N) is 2. The van der Waals surface area contributed by atoms with Crippen LogP contribution in [0.25, 0.3) is 0 Å². The van der Waals surface area contributed by atoms with Gasteiger partial charge in [-0.1, -0.05) is 49.6 Å². The fraction of sp³-hybridized carbons (Fsp3) is 0.474. The molecule has 0 amide bonds. The summed E-state index contributed by atoms with van der Waals surface area (Å²) in [5.41, 5.74) is 1.54. The van der Waals surface area contributed by atoms with Crippen LogP contribution in [0, 0.1) is 0 Å². The molecule has 0 bridgehead atoms. The minimum absolute atomic E-state index is 0.0622. The first-order chi connectivity index (χ1) is 11.7. The second kappa shape index (κ2) is 6.30. The standard InChI is InChI=1S/C19H23N3O2/c23-18-15-11-12-16(13-7-3-1-4-8-13)20-17(15)21-19(24)22(18)14-9-5-2-6-10-14/h1,3-4,7-8,14,16,20H,2,5-6,9-12H2,(H,21,24)/t16-/m1/s1. The Bertz CT molecular complexity index is 832. The van der Waals surface area contributed by atoms with Crippen molar-refractivity contribution < 1.29 is 0 Å². The Balaban J connectivity index is 1.69. The number of aromatic amines is 1. The van der Waals surface area contributed by atoms with Crippen molar-refractivity contribution in [2.45, 2.75) is 57.0 Å². The maximum absolute atomic E-state index is 12.9. The molecular weight excluding hydrogens is 302 g/mol. The van der Waals surface area contributed by atoms with Crippen molar-refractivity contribution in [3.63, 3.8) is 0 Å². The van der Waals surface area contributed by atoms with Crippen LogP contribution in [0.2, 0.25) is 0 Å². The molecule has 0 spiro atoms. The molecule has 1 fully saturated rings. The number of nitrogens with zero attached hydrogens (tertiary/aromatic N) is 1. The molecular formula is C19H23N3O2. The number of benzene rings is 1. The van der Waals surface area contributed by atoms with E-state index in [2.05, 4.69) is 22.4 Å². The molecule has 2 aromatic rings. The van der Waals surface area contributed by atoms with Gasteiger partial charge in [-0.05, 0) is 31.2 Å². The van der Waals surface area contributed by atoms with Gasteiger partial charge in [-0.25, -0.2) is 4.79 Å². The number of fused-ring (bicyclic) bond motifs is 1. The van der Waals surface area contributed by atoms with Crippen LogP contribution in [-0.4, -0.2) is 9.55 Å². The van der Waals surface area contributed by atoms with E-state index in [-0.39, 0.29) is 23.3 Å². The van der Waals surface area contributed by atoms with Crippen molar-refractivity contribution in [1.29, 1.82) is 0 Å². The number of rotatable bonds is 2. The van der Waals surface area contributed by atoms with E-state index in [1.54, 1.807) is 0 Å². The monoisotopic (exact) mass is 325 g/mol. The lowest BCUT2D eigenvalue weighted by atomic mass is 9.94. The maximum Gasteiger partial charge on any atom is 0.330 e. The average molecular weight is 325 g/mol. The first-order valence-electron chi connectivity index (χ1n) is 8.93. The smallest absolute Gasteiger partial charge is 0.330 e. The molecule has 5 heteroatoms. The molecule has 0 saturated heterocycles. The Labute approximate surface area is 140 Å². The molecule has 0 radical (unpaired) electrons. The van der Waals surface area contributed by atoms with E-state index in [4.69, 9.17) is 0 Å². The summed E-state index contributed by atoms with van der Waals surface area (Å²) < 4.78 is 1.47. The van der Waals surface area contributed by atoms with Crippen LogP contribution in [0.15, 0.2) is 39.9 Å². The van der Waals surface area contributed by atoms with Gasteiger partial charge < -0.3 is 5.32 Å². The van der Waals surface area contributed by atoms with E-state index < -0.39 is 0 Å². The molecule has 4 rings (SSSR count). The Morgan fingerprint density at radius 2 is 1.71 bits per heavy atom. The SMILES string of the molecule is O=c1[nH]c2c(c(=O)n1C1CCCCC1)CC[C@H](c1ccccc1)N2. The Kier molecular flexibility index (Phi) is 4.00. The summed E-state index contributed by atoms with van der Waals surface area (Å²) in [5.74, 6) is 0.608. The van der Waals surface area contributed by atoms with Crippen LogP contribution in [0.4, 0.5) is 5.82 Å². The highest BCUT2D eigenvalue weighted by Crippen LogP contribution is 2.30. The molecule has 24 heavy (non-hydrogen) atoms. The van der Waals surface area contributed by atoms with Gasteiger partial charge in [-0.3, -0.25) is 14.3 Å². The minimum Gasteiger partial charge on any atom is -0.364 e. The fourth-order valence-electron chi connectivity index (χ4n) is 4.08. The van der Waals surface area contributed by atoms with Gasteiger partial charge in [-0.2, -0.15) is 0 Å². The van der Waals surface area contributed by atoms with E-state index in [9.17, 15) is 9.59 Å². The molecule has 2 heterocycles. The lowest BCUT2D eigenvalue weighted by Crippen LogP contribution is -2.42. The molecule has 2 N–H and O–H groups in total. The number of hydrogen-bond donors (Lipinski definition) is 2. The summed E-state index contributed by atoms with van der Waals surface area (Å²) in [6.07, 6.45) is 6.83.